The van der Waals surface area contributed by atoms with Crippen molar-refractivity contribution in [1.29, 1.82) is 5.26 Å². The fraction of sp³-hybridized carbons (Fsp3) is 0.469. The van der Waals surface area contributed by atoms with Gasteiger partial charge in [-0.1, -0.05) is 18.2 Å². The van der Waals surface area contributed by atoms with Gasteiger partial charge in [0.05, 0.1) is 18.5 Å². The number of nitriles is 1. The number of piperidine rings is 1. The lowest BCUT2D eigenvalue weighted by atomic mass is 9.88. The minimum atomic E-state index is -0.634. The zero-order chi connectivity index (χ0) is 29.3. The van der Waals surface area contributed by atoms with Crippen LogP contribution in [0, 0.1) is 41.7 Å². The van der Waals surface area contributed by atoms with Crippen molar-refractivity contribution in [2.75, 3.05) is 36.4 Å². The highest BCUT2D eigenvalue weighted by Gasteiger charge is 2.43. The second-order valence-electron chi connectivity index (χ2n) is 12.3. The van der Waals surface area contributed by atoms with Crippen molar-refractivity contribution in [2.24, 2.45) is 11.8 Å². The summed E-state index contributed by atoms with van der Waals surface area (Å²) in [6, 6.07) is 12.4. The highest BCUT2D eigenvalue weighted by atomic mass is 19.1. The molecular formula is C32H38F2N6O. The van der Waals surface area contributed by atoms with E-state index >= 15 is 0 Å². The van der Waals surface area contributed by atoms with Crippen LogP contribution in [0.25, 0.3) is 0 Å². The summed E-state index contributed by atoms with van der Waals surface area (Å²) < 4.78 is 30.5. The third kappa shape index (κ3) is 6.28. The molecule has 0 radical (unpaired) electrons. The molecule has 7 nitrogen and oxygen atoms in total. The van der Waals surface area contributed by atoms with E-state index in [0.29, 0.717) is 31.1 Å². The Kier molecular flexibility index (Phi) is 8.14. The van der Waals surface area contributed by atoms with Crippen molar-refractivity contribution < 1.29 is 13.6 Å². The molecule has 2 aliphatic heterocycles. The van der Waals surface area contributed by atoms with Crippen LogP contribution in [0.2, 0.25) is 0 Å². The highest BCUT2D eigenvalue weighted by Crippen LogP contribution is 2.38. The summed E-state index contributed by atoms with van der Waals surface area (Å²) in [6.07, 6.45) is 5.20. The zero-order valence-corrected chi connectivity index (χ0v) is 24.2. The molecule has 1 amide bonds. The molecular weight excluding hydrogens is 522 g/mol. The first kappa shape index (κ1) is 28.7. The number of carbonyl (C=O) groups is 1. The number of likely N-dealkylation sites (tertiary alicyclic amines) is 1. The second-order valence-corrected chi connectivity index (χ2v) is 12.3. The summed E-state index contributed by atoms with van der Waals surface area (Å²) >= 11 is 0. The summed E-state index contributed by atoms with van der Waals surface area (Å²) in [5, 5.41) is 12.3. The van der Waals surface area contributed by atoms with Crippen molar-refractivity contribution in [3.8, 4) is 6.07 Å². The molecule has 1 N–H and O–H groups in total. The normalized spacial score (nSPS) is 20.3. The fourth-order valence-corrected chi connectivity index (χ4v) is 6.03. The number of amides is 1. The predicted octanol–water partition coefficient (Wildman–Crippen LogP) is 5.71. The topological polar surface area (TPSA) is 77.2 Å². The van der Waals surface area contributed by atoms with Crippen LogP contribution in [0.4, 0.5) is 20.4 Å². The van der Waals surface area contributed by atoms with Crippen LogP contribution < -0.4 is 10.2 Å². The number of imidazole rings is 1. The maximum absolute atomic E-state index is 14.9. The molecule has 0 spiro atoms. The Balaban J connectivity index is 1.37. The fourth-order valence-electron chi connectivity index (χ4n) is 6.03. The first-order valence-corrected chi connectivity index (χ1v) is 14.3. The van der Waals surface area contributed by atoms with Gasteiger partial charge in [0.15, 0.2) is 0 Å². The van der Waals surface area contributed by atoms with Crippen LogP contribution in [-0.4, -0.2) is 52.1 Å². The van der Waals surface area contributed by atoms with E-state index in [9.17, 15) is 18.8 Å². The van der Waals surface area contributed by atoms with Gasteiger partial charge in [0.1, 0.15) is 11.6 Å². The summed E-state index contributed by atoms with van der Waals surface area (Å²) in [5.41, 5.74) is 3.53. The standard InChI is InChI=1S/C32H38F2N6O/c1-21-5-6-23(29(15-21)38-12-9-22(17-35)10-13-38)18-39-14-11-36-31(39)37-30(41)27-20-40(32(2,3)4)19-26(27)25-8-7-24(33)16-28(25)34/h5-8,11,14-16,22,26-27H,9-10,12-13,18-20H2,1-4H3,(H,36,37,41)/t26-,27+/m0/s1. The summed E-state index contributed by atoms with van der Waals surface area (Å²) in [6.45, 7) is 11.4. The summed E-state index contributed by atoms with van der Waals surface area (Å²) in [5.74, 6) is -1.92. The van der Waals surface area contributed by atoms with Gasteiger partial charge >= 0.3 is 0 Å². The van der Waals surface area contributed by atoms with E-state index in [4.69, 9.17) is 0 Å². The molecule has 1 aromatic heterocycles. The number of aryl methyl sites for hydroxylation is 1. The Bertz CT molecular complexity index is 1450. The molecule has 0 saturated carbocycles. The van der Waals surface area contributed by atoms with Crippen molar-refractivity contribution in [3.63, 3.8) is 0 Å². The van der Waals surface area contributed by atoms with Gasteiger partial charge in [-0.2, -0.15) is 5.26 Å². The number of nitrogens with one attached hydrogen (secondary N) is 1. The Morgan fingerprint density at radius 3 is 2.56 bits per heavy atom. The first-order valence-electron chi connectivity index (χ1n) is 14.3. The van der Waals surface area contributed by atoms with Crippen LogP contribution in [0.3, 0.4) is 0 Å². The Morgan fingerprint density at radius 1 is 1.12 bits per heavy atom. The second kappa shape index (κ2) is 11.6. The Hall–Kier alpha value is -3.77. The number of halogens is 2. The van der Waals surface area contributed by atoms with Crippen molar-refractivity contribution in [2.45, 2.75) is 58.5 Å². The lowest BCUT2D eigenvalue weighted by Crippen LogP contribution is -2.40. The van der Waals surface area contributed by atoms with Gasteiger partial charge < -0.3 is 9.47 Å². The third-order valence-corrected chi connectivity index (χ3v) is 8.52. The van der Waals surface area contributed by atoms with E-state index in [1.165, 1.54) is 12.1 Å². The average molecular weight is 561 g/mol. The predicted molar refractivity (Wildman–Crippen MR) is 156 cm³/mol. The van der Waals surface area contributed by atoms with Gasteiger partial charge in [0.2, 0.25) is 11.9 Å². The number of aromatic nitrogens is 2. The molecule has 0 aliphatic carbocycles. The van der Waals surface area contributed by atoms with E-state index in [1.54, 1.807) is 6.20 Å². The number of hydrogen-bond acceptors (Lipinski definition) is 5. The van der Waals surface area contributed by atoms with E-state index < -0.39 is 23.5 Å². The van der Waals surface area contributed by atoms with Crippen molar-refractivity contribution in [3.05, 3.63) is 77.1 Å². The van der Waals surface area contributed by atoms with E-state index in [-0.39, 0.29) is 17.4 Å². The number of rotatable bonds is 6. The molecule has 0 unspecified atom stereocenters. The van der Waals surface area contributed by atoms with Gasteiger partial charge in [-0.05, 0) is 69.4 Å². The van der Waals surface area contributed by atoms with E-state index in [2.05, 4.69) is 72.1 Å². The maximum atomic E-state index is 14.9. The number of hydrogen-bond donors (Lipinski definition) is 1. The first-order chi connectivity index (χ1) is 19.5. The van der Waals surface area contributed by atoms with Crippen LogP contribution in [0.5, 0.6) is 0 Å². The van der Waals surface area contributed by atoms with Crippen molar-refractivity contribution >= 4 is 17.5 Å². The monoisotopic (exact) mass is 560 g/mol. The van der Waals surface area contributed by atoms with E-state index in [1.807, 2.05) is 10.8 Å². The third-order valence-electron chi connectivity index (χ3n) is 8.52. The molecule has 2 fully saturated rings. The van der Waals surface area contributed by atoms with Gasteiger partial charge in [0.25, 0.3) is 0 Å². The molecule has 2 aliphatic rings. The van der Waals surface area contributed by atoms with E-state index in [0.717, 1.165) is 48.8 Å². The van der Waals surface area contributed by atoms with Gasteiger partial charge in [0, 0.05) is 67.7 Å². The van der Waals surface area contributed by atoms with Crippen LogP contribution >= 0.6 is 0 Å². The quantitative estimate of drug-likeness (QED) is 0.418. The van der Waals surface area contributed by atoms with Crippen molar-refractivity contribution in [1.82, 2.24) is 14.5 Å². The summed E-state index contributed by atoms with van der Waals surface area (Å²) in [7, 11) is 0. The SMILES string of the molecule is Cc1ccc(Cn2ccnc2NC(=O)[C@@H]2CN(C(C)(C)C)C[C@H]2c2ccc(F)cc2F)c(N2CCC(C#N)CC2)c1. The average Bonchev–Trinajstić information content (AvgIpc) is 3.57. The number of carbonyl (C=O) groups excluding carboxylic acids is 1. The minimum Gasteiger partial charge on any atom is -0.371 e. The number of benzene rings is 2. The van der Waals surface area contributed by atoms with Gasteiger partial charge in [-0.3, -0.25) is 15.0 Å². The largest absolute Gasteiger partial charge is 0.371 e. The Morgan fingerprint density at radius 2 is 1.88 bits per heavy atom. The molecule has 41 heavy (non-hydrogen) atoms. The molecule has 3 heterocycles. The number of nitrogens with zero attached hydrogens (tertiary/aromatic N) is 5. The maximum Gasteiger partial charge on any atom is 0.231 e. The molecule has 2 atom stereocenters. The number of anilines is 2. The molecule has 2 aromatic carbocycles. The smallest absolute Gasteiger partial charge is 0.231 e. The van der Waals surface area contributed by atoms with Gasteiger partial charge in [-0.15, -0.1) is 0 Å². The molecule has 3 aromatic rings. The molecule has 9 heteroatoms. The summed E-state index contributed by atoms with van der Waals surface area (Å²) in [4.78, 5) is 22.7. The zero-order valence-electron chi connectivity index (χ0n) is 24.2. The molecule has 5 rings (SSSR count). The molecule has 2 saturated heterocycles. The lowest BCUT2D eigenvalue weighted by Gasteiger charge is -2.33. The lowest BCUT2D eigenvalue weighted by molar-refractivity contribution is -0.120. The highest BCUT2D eigenvalue weighted by molar-refractivity contribution is 5.92. The minimum absolute atomic E-state index is 0.104. The van der Waals surface area contributed by atoms with Crippen LogP contribution in [-0.2, 0) is 11.3 Å². The Labute approximate surface area is 240 Å². The molecule has 216 valence electrons. The van der Waals surface area contributed by atoms with Crippen LogP contribution in [0.15, 0.2) is 48.8 Å². The molecule has 0 bridgehead atoms. The van der Waals surface area contributed by atoms with Gasteiger partial charge in [-0.25, -0.2) is 13.8 Å². The van der Waals surface area contributed by atoms with Crippen LogP contribution in [0.1, 0.15) is 56.2 Å².